The Kier molecular flexibility index (Phi) is 4.66. The molecule has 0 saturated carbocycles. The van der Waals surface area contributed by atoms with Gasteiger partial charge in [-0.1, -0.05) is 71.1 Å². The molecular weight excluding hydrogens is 405 g/mol. The largest absolute Gasteiger partial charge is 0.466 e. The van der Waals surface area contributed by atoms with Gasteiger partial charge in [-0.3, -0.25) is 0 Å². The Morgan fingerprint density at radius 3 is 2.35 bits per heavy atom. The van der Waals surface area contributed by atoms with Gasteiger partial charge in [-0.05, 0) is 17.7 Å². The average molecular weight is 421 g/mol. The van der Waals surface area contributed by atoms with Crippen LogP contribution in [0.15, 0.2) is 65.7 Å². The molecule has 0 radical (unpaired) electrons. The van der Waals surface area contributed by atoms with Gasteiger partial charge in [0.25, 0.3) is 0 Å². The van der Waals surface area contributed by atoms with E-state index < -0.39 is 17.6 Å². The van der Waals surface area contributed by atoms with Crippen LogP contribution in [-0.4, -0.2) is 29.0 Å². The van der Waals surface area contributed by atoms with Crippen molar-refractivity contribution in [3.63, 3.8) is 0 Å². The van der Waals surface area contributed by atoms with Crippen molar-refractivity contribution in [2.75, 3.05) is 11.5 Å². The SMILES string of the molecule is COC(=O)[C@]1(CI)OC(c2ccccc2)=N[C@H]1c1ccccc1. The van der Waals surface area contributed by atoms with Crippen LogP contribution < -0.4 is 0 Å². The third kappa shape index (κ3) is 2.85. The number of hydrogen-bond donors (Lipinski definition) is 0. The zero-order valence-electron chi connectivity index (χ0n) is 12.6. The molecule has 1 aliphatic heterocycles. The van der Waals surface area contributed by atoms with Gasteiger partial charge in [0.2, 0.25) is 11.5 Å². The van der Waals surface area contributed by atoms with E-state index in [-0.39, 0.29) is 0 Å². The maximum atomic E-state index is 12.5. The van der Waals surface area contributed by atoms with E-state index in [0.717, 1.165) is 11.1 Å². The molecule has 0 bridgehead atoms. The van der Waals surface area contributed by atoms with Gasteiger partial charge in [0.1, 0.15) is 6.04 Å². The minimum absolute atomic E-state index is 0.407. The lowest BCUT2D eigenvalue weighted by atomic mass is 9.91. The summed E-state index contributed by atoms with van der Waals surface area (Å²) in [7, 11) is 1.38. The number of nitrogens with zero attached hydrogens (tertiary/aromatic N) is 1. The van der Waals surface area contributed by atoms with Crippen molar-refractivity contribution in [3.05, 3.63) is 71.8 Å². The highest BCUT2D eigenvalue weighted by Gasteiger charge is 2.54. The Hall–Kier alpha value is -1.89. The summed E-state index contributed by atoms with van der Waals surface area (Å²) in [6.45, 7) is 0. The van der Waals surface area contributed by atoms with Crippen LogP contribution in [0.25, 0.3) is 0 Å². The quantitative estimate of drug-likeness (QED) is 0.431. The third-order valence-corrected chi connectivity index (χ3v) is 4.97. The number of carbonyl (C=O) groups is 1. The number of esters is 1. The minimum Gasteiger partial charge on any atom is -0.466 e. The molecule has 0 spiro atoms. The summed E-state index contributed by atoms with van der Waals surface area (Å²) in [4.78, 5) is 17.2. The first-order valence-corrected chi connectivity index (χ1v) is 8.75. The van der Waals surface area contributed by atoms with E-state index in [0.29, 0.717) is 10.3 Å². The molecule has 1 heterocycles. The van der Waals surface area contributed by atoms with Gasteiger partial charge in [0.05, 0.1) is 11.5 Å². The molecule has 118 valence electrons. The number of methoxy groups -OCH3 is 1. The summed E-state index contributed by atoms with van der Waals surface area (Å²) in [5, 5.41) is 0. The first-order valence-electron chi connectivity index (χ1n) is 7.23. The van der Waals surface area contributed by atoms with Crippen LogP contribution in [0, 0.1) is 0 Å². The first-order chi connectivity index (χ1) is 11.2. The number of benzene rings is 2. The van der Waals surface area contributed by atoms with Crippen LogP contribution in [0.1, 0.15) is 17.2 Å². The predicted molar refractivity (Wildman–Crippen MR) is 96.9 cm³/mol. The van der Waals surface area contributed by atoms with Crippen LogP contribution in [-0.2, 0) is 14.3 Å². The number of hydrogen-bond acceptors (Lipinski definition) is 4. The number of carbonyl (C=O) groups excluding carboxylic acids is 1. The minimum atomic E-state index is -1.14. The topological polar surface area (TPSA) is 47.9 Å². The molecule has 0 N–H and O–H groups in total. The second-order valence-corrected chi connectivity index (χ2v) is 5.99. The molecule has 23 heavy (non-hydrogen) atoms. The molecule has 0 saturated heterocycles. The number of rotatable bonds is 4. The van der Waals surface area contributed by atoms with Gasteiger partial charge >= 0.3 is 5.97 Å². The maximum Gasteiger partial charge on any atom is 0.353 e. The van der Waals surface area contributed by atoms with Crippen LogP contribution >= 0.6 is 22.6 Å². The lowest BCUT2D eigenvalue weighted by Crippen LogP contribution is -2.46. The second-order valence-electron chi connectivity index (χ2n) is 5.23. The Bertz CT molecular complexity index is 718. The molecule has 0 aromatic heterocycles. The highest BCUT2D eigenvalue weighted by molar-refractivity contribution is 14.1. The van der Waals surface area contributed by atoms with Gasteiger partial charge in [0, 0.05) is 5.56 Å². The Morgan fingerprint density at radius 1 is 1.17 bits per heavy atom. The van der Waals surface area contributed by atoms with Gasteiger partial charge < -0.3 is 9.47 Å². The number of alkyl halides is 1. The summed E-state index contributed by atoms with van der Waals surface area (Å²) in [6, 6.07) is 18.9. The second kappa shape index (κ2) is 6.70. The van der Waals surface area contributed by atoms with E-state index >= 15 is 0 Å². The molecule has 4 nitrogen and oxygen atoms in total. The standard InChI is InChI=1S/C18H16INO3/c1-22-17(21)18(12-19)15(13-8-4-2-5-9-13)20-16(23-18)14-10-6-3-7-11-14/h2-11,15H,12H2,1H3/t15-,18+/m0/s1. The summed E-state index contributed by atoms with van der Waals surface area (Å²) in [5.41, 5.74) is 0.645. The highest BCUT2D eigenvalue weighted by Crippen LogP contribution is 2.41. The zero-order chi connectivity index (χ0) is 16.3. The molecule has 3 rings (SSSR count). The maximum absolute atomic E-state index is 12.5. The molecule has 0 unspecified atom stereocenters. The fraction of sp³-hybridized carbons (Fsp3) is 0.222. The van der Waals surface area contributed by atoms with E-state index in [1.165, 1.54) is 7.11 Å². The van der Waals surface area contributed by atoms with Crippen molar-refractivity contribution < 1.29 is 14.3 Å². The molecular formula is C18H16INO3. The van der Waals surface area contributed by atoms with Crippen molar-refractivity contribution >= 4 is 34.5 Å². The van der Waals surface area contributed by atoms with E-state index in [2.05, 4.69) is 22.6 Å². The van der Waals surface area contributed by atoms with E-state index in [1.54, 1.807) is 0 Å². The Balaban J connectivity index is 2.09. The molecule has 2 atom stereocenters. The van der Waals surface area contributed by atoms with Crippen molar-refractivity contribution in [1.82, 2.24) is 0 Å². The Labute approximate surface area is 148 Å². The van der Waals surface area contributed by atoms with E-state index in [1.807, 2.05) is 60.7 Å². The molecule has 2 aromatic rings. The van der Waals surface area contributed by atoms with Gasteiger partial charge in [0.15, 0.2) is 0 Å². The zero-order valence-corrected chi connectivity index (χ0v) is 14.8. The number of ether oxygens (including phenoxy) is 2. The molecule has 2 aromatic carbocycles. The van der Waals surface area contributed by atoms with Gasteiger partial charge in [-0.2, -0.15) is 0 Å². The van der Waals surface area contributed by atoms with Gasteiger partial charge in [-0.15, -0.1) is 0 Å². The lowest BCUT2D eigenvalue weighted by molar-refractivity contribution is -0.158. The summed E-state index contributed by atoms with van der Waals surface area (Å²) >= 11 is 2.15. The Morgan fingerprint density at radius 2 is 1.78 bits per heavy atom. The lowest BCUT2D eigenvalue weighted by Gasteiger charge is -2.29. The monoisotopic (exact) mass is 421 g/mol. The molecule has 5 heteroatoms. The van der Waals surface area contributed by atoms with Crippen molar-refractivity contribution in [2.45, 2.75) is 11.6 Å². The molecule has 0 amide bonds. The molecule has 0 fully saturated rings. The summed E-state index contributed by atoms with van der Waals surface area (Å²) < 4.78 is 11.5. The highest BCUT2D eigenvalue weighted by atomic mass is 127. The normalized spacial score (nSPS) is 23.0. The van der Waals surface area contributed by atoms with Crippen molar-refractivity contribution in [2.24, 2.45) is 4.99 Å². The first kappa shape index (κ1) is 16.0. The van der Waals surface area contributed by atoms with Crippen LogP contribution in [0.5, 0.6) is 0 Å². The van der Waals surface area contributed by atoms with E-state index in [4.69, 9.17) is 14.5 Å². The predicted octanol–water partition coefficient (Wildman–Crippen LogP) is 3.55. The number of halogens is 1. The third-order valence-electron chi connectivity index (χ3n) is 3.83. The smallest absolute Gasteiger partial charge is 0.353 e. The van der Waals surface area contributed by atoms with Gasteiger partial charge in [-0.25, -0.2) is 9.79 Å². The van der Waals surface area contributed by atoms with Crippen LogP contribution in [0.2, 0.25) is 0 Å². The summed E-state index contributed by atoms with van der Waals surface area (Å²) in [6.07, 6.45) is 0. The van der Waals surface area contributed by atoms with Crippen LogP contribution in [0.3, 0.4) is 0 Å². The fourth-order valence-corrected chi connectivity index (χ4v) is 3.53. The molecule has 1 aliphatic rings. The van der Waals surface area contributed by atoms with Crippen LogP contribution in [0.4, 0.5) is 0 Å². The average Bonchev–Trinajstić information content (AvgIpc) is 3.03. The van der Waals surface area contributed by atoms with Crippen molar-refractivity contribution in [3.8, 4) is 0 Å². The fourth-order valence-electron chi connectivity index (χ4n) is 2.65. The number of aliphatic imine (C=N–C) groups is 1. The van der Waals surface area contributed by atoms with Crippen molar-refractivity contribution in [1.29, 1.82) is 0 Å². The van der Waals surface area contributed by atoms with E-state index in [9.17, 15) is 4.79 Å². The summed E-state index contributed by atoms with van der Waals surface area (Å²) in [5.74, 6) is 0.0666. The molecule has 0 aliphatic carbocycles.